The lowest BCUT2D eigenvalue weighted by Gasteiger charge is -2.12. The van der Waals surface area contributed by atoms with Gasteiger partial charge < -0.3 is 10.6 Å². The van der Waals surface area contributed by atoms with Crippen LogP contribution in [0.4, 0.5) is 10.1 Å². The number of fused-ring (bicyclic) bond motifs is 1. The molecule has 1 aliphatic heterocycles. The van der Waals surface area contributed by atoms with Crippen molar-refractivity contribution in [2.24, 2.45) is 0 Å². The molecule has 0 saturated carbocycles. The molecule has 1 aromatic heterocycles. The molecule has 1 aliphatic rings. The summed E-state index contributed by atoms with van der Waals surface area (Å²) in [6.07, 6.45) is 1.73. The maximum atomic E-state index is 5.68. The highest BCUT2D eigenvalue weighted by atomic mass is 32.1. The van der Waals surface area contributed by atoms with Crippen molar-refractivity contribution < 1.29 is 0 Å². The monoisotopic (exact) mass is 217 g/mol. The Morgan fingerprint density at radius 1 is 1.20 bits per heavy atom. The molecule has 15 heavy (non-hydrogen) atoms. The van der Waals surface area contributed by atoms with Gasteiger partial charge in [-0.2, -0.15) is 0 Å². The lowest BCUT2D eigenvalue weighted by molar-refractivity contribution is 0.873. The second kappa shape index (κ2) is 3.24. The second-order valence-corrected chi connectivity index (χ2v) is 4.71. The molecule has 2 N–H and O–H groups in total. The van der Waals surface area contributed by atoms with Gasteiger partial charge in [0.2, 0.25) is 0 Å². The molecule has 0 aliphatic carbocycles. The number of nitrogens with two attached hydrogens (primary N) is 1. The Balaban J connectivity index is 1.90. The highest BCUT2D eigenvalue weighted by molar-refractivity contribution is 7.19. The molecule has 3 nitrogen and oxygen atoms in total. The number of hydrogen-bond acceptors (Lipinski definition) is 4. The number of anilines is 2. The molecule has 0 unspecified atom stereocenters. The lowest BCUT2D eigenvalue weighted by atomic mass is 10.1. The molecule has 0 fully saturated rings. The van der Waals surface area contributed by atoms with Crippen LogP contribution in [-0.2, 0) is 13.1 Å². The first kappa shape index (κ1) is 8.73. The molecule has 76 valence electrons. The molecule has 4 heteroatoms. The van der Waals surface area contributed by atoms with Crippen LogP contribution in [0.3, 0.4) is 0 Å². The first-order valence-corrected chi connectivity index (χ1v) is 5.67. The van der Waals surface area contributed by atoms with E-state index in [0.717, 1.165) is 23.2 Å². The van der Waals surface area contributed by atoms with E-state index in [1.54, 1.807) is 17.5 Å². The quantitative estimate of drug-likeness (QED) is 0.796. The van der Waals surface area contributed by atoms with Crippen molar-refractivity contribution in [2.75, 3.05) is 10.6 Å². The van der Waals surface area contributed by atoms with Crippen molar-refractivity contribution in [1.29, 1.82) is 0 Å². The van der Waals surface area contributed by atoms with E-state index in [9.17, 15) is 0 Å². The van der Waals surface area contributed by atoms with Crippen LogP contribution in [0.2, 0.25) is 0 Å². The smallest absolute Gasteiger partial charge is 0.187 e. The summed E-state index contributed by atoms with van der Waals surface area (Å²) in [5.74, 6) is 0. The number of hydrogen-bond donors (Lipinski definition) is 1. The van der Waals surface area contributed by atoms with Gasteiger partial charge in [-0.25, -0.2) is 4.98 Å². The topological polar surface area (TPSA) is 42.1 Å². The Labute approximate surface area is 92.2 Å². The van der Waals surface area contributed by atoms with Crippen molar-refractivity contribution in [3.05, 3.63) is 41.6 Å². The molecule has 0 radical (unpaired) electrons. The van der Waals surface area contributed by atoms with E-state index >= 15 is 0 Å². The minimum atomic E-state index is 0.779. The number of thiazole rings is 1. The van der Waals surface area contributed by atoms with E-state index in [2.05, 4.69) is 34.1 Å². The molecule has 2 aromatic rings. The summed E-state index contributed by atoms with van der Waals surface area (Å²) in [5, 5.41) is 1.80. The number of rotatable bonds is 1. The van der Waals surface area contributed by atoms with Gasteiger partial charge in [-0.05, 0) is 11.1 Å². The van der Waals surface area contributed by atoms with Crippen LogP contribution < -0.4 is 10.6 Å². The Hall–Kier alpha value is -1.55. The van der Waals surface area contributed by atoms with E-state index in [0.29, 0.717) is 0 Å². The minimum absolute atomic E-state index is 0.779. The van der Waals surface area contributed by atoms with Gasteiger partial charge in [0, 0.05) is 13.1 Å². The minimum Gasteiger partial charge on any atom is -0.389 e. The predicted molar refractivity (Wildman–Crippen MR) is 62.9 cm³/mol. The molecule has 0 spiro atoms. The maximum Gasteiger partial charge on any atom is 0.187 e. The third-order valence-corrected chi connectivity index (χ3v) is 3.51. The molecular formula is C11H11N3S. The molecule has 1 aromatic carbocycles. The fourth-order valence-electron chi connectivity index (χ4n) is 1.89. The highest BCUT2D eigenvalue weighted by Gasteiger charge is 2.20. The lowest BCUT2D eigenvalue weighted by Crippen LogP contribution is -2.13. The Kier molecular flexibility index (Phi) is 1.89. The van der Waals surface area contributed by atoms with Gasteiger partial charge in [0.05, 0.1) is 6.20 Å². The first-order chi connectivity index (χ1) is 7.33. The summed E-state index contributed by atoms with van der Waals surface area (Å²) < 4.78 is 0. The normalized spacial score (nSPS) is 14.3. The van der Waals surface area contributed by atoms with E-state index in [1.165, 1.54) is 11.1 Å². The zero-order valence-electron chi connectivity index (χ0n) is 8.18. The summed E-state index contributed by atoms with van der Waals surface area (Å²) in [6.45, 7) is 1.90. The van der Waals surface area contributed by atoms with E-state index in [4.69, 9.17) is 5.73 Å². The molecule has 2 heterocycles. The van der Waals surface area contributed by atoms with Crippen LogP contribution in [0.5, 0.6) is 0 Å². The van der Waals surface area contributed by atoms with Gasteiger partial charge in [0.1, 0.15) is 5.00 Å². The first-order valence-electron chi connectivity index (χ1n) is 4.86. The van der Waals surface area contributed by atoms with Crippen molar-refractivity contribution in [3.8, 4) is 0 Å². The van der Waals surface area contributed by atoms with Gasteiger partial charge in [-0.3, -0.25) is 0 Å². The van der Waals surface area contributed by atoms with Crippen molar-refractivity contribution >= 4 is 21.5 Å². The Morgan fingerprint density at radius 2 is 1.87 bits per heavy atom. The van der Waals surface area contributed by atoms with Crippen LogP contribution in [0.25, 0.3) is 0 Å². The third-order valence-electron chi connectivity index (χ3n) is 2.62. The zero-order chi connectivity index (χ0) is 10.3. The number of benzene rings is 1. The van der Waals surface area contributed by atoms with Gasteiger partial charge >= 0.3 is 0 Å². The molecule has 0 amide bonds. The maximum absolute atomic E-state index is 5.68. The van der Waals surface area contributed by atoms with Gasteiger partial charge in [0.25, 0.3) is 0 Å². The standard InChI is InChI=1S/C11H11N3S/c12-10-5-13-11(15-10)14-6-8-3-1-2-4-9(8)7-14/h1-5H,6-7,12H2. The van der Waals surface area contributed by atoms with Crippen molar-refractivity contribution in [2.45, 2.75) is 13.1 Å². The predicted octanol–water partition coefficient (Wildman–Crippen LogP) is 2.25. The molecule has 3 rings (SSSR count). The third kappa shape index (κ3) is 1.47. The molecular weight excluding hydrogens is 206 g/mol. The summed E-state index contributed by atoms with van der Waals surface area (Å²) >= 11 is 1.55. The summed E-state index contributed by atoms with van der Waals surface area (Å²) in [6, 6.07) is 8.51. The van der Waals surface area contributed by atoms with Gasteiger partial charge in [0.15, 0.2) is 5.13 Å². The van der Waals surface area contributed by atoms with E-state index in [-0.39, 0.29) is 0 Å². The summed E-state index contributed by atoms with van der Waals surface area (Å²) in [4.78, 5) is 6.56. The van der Waals surface area contributed by atoms with Gasteiger partial charge in [-0.1, -0.05) is 35.6 Å². The van der Waals surface area contributed by atoms with Crippen molar-refractivity contribution in [1.82, 2.24) is 4.98 Å². The summed E-state index contributed by atoms with van der Waals surface area (Å²) in [5.41, 5.74) is 8.47. The largest absolute Gasteiger partial charge is 0.389 e. The number of nitrogen functional groups attached to an aromatic ring is 1. The average molecular weight is 217 g/mol. The van der Waals surface area contributed by atoms with Crippen LogP contribution in [0, 0.1) is 0 Å². The number of aromatic nitrogens is 1. The summed E-state index contributed by atoms with van der Waals surface area (Å²) in [7, 11) is 0. The van der Waals surface area contributed by atoms with E-state index < -0.39 is 0 Å². The number of nitrogens with zero attached hydrogens (tertiary/aromatic N) is 2. The fraction of sp³-hybridized carbons (Fsp3) is 0.182. The fourth-order valence-corrected chi connectivity index (χ4v) is 2.57. The van der Waals surface area contributed by atoms with Crippen molar-refractivity contribution in [3.63, 3.8) is 0 Å². The average Bonchev–Trinajstić information content (AvgIpc) is 2.82. The second-order valence-electron chi connectivity index (χ2n) is 3.67. The van der Waals surface area contributed by atoms with Crippen LogP contribution in [0.1, 0.15) is 11.1 Å². The molecule has 0 saturated heterocycles. The van der Waals surface area contributed by atoms with Gasteiger partial charge in [-0.15, -0.1) is 0 Å². The Bertz CT molecular complexity index is 467. The zero-order valence-corrected chi connectivity index (χ0v) is 9.00. The molecule has 0 atom stereocenters. The highest BCUT2D eigenvalue weighted by Crippen LogP contribution is 2.31. The SMILES string of the molecule is Nc1cnc(N2Cc3ccccc3C2)s1. The van der Waals surface area contributed by atoms with Crippen LogP contribution in [0.15, 0.2) is 30.5 Å². The Morgan fingerprint density at radius 3 is 2.40 bits per heavy atom. The molecule has 0 bridgehead atoms. The van der Waals surface area contributed by atoms with Crippen LogP contribution in [-0.4, -0.2) is 4.98 Å². The van der Waals surface area contributed by atoms with E-state index in [1.807, 2.05) is 0 Å². The van der Waals surface area contributed by atoms with Crippen LogP contribution >= 0.6 is 11.3 Å².